The predicted molar refractivity (Wildman–Crippen MR) is 65.1 cm³/mol. The maximum absolute atomic E-state index is 11.9. The van der Waals surface area contributed by atoms with Gasteiger partial charge in [0.25, 0.3) is 5.91 Å². The Morgan fingerprint density at radius 1 is 1.50 bits per heavy atom. The summed E-state index contributed by atoms with van der Waals surface area (Å²) in [4.78, 5) is 21.6. The maximum Gasteiger partial charge on any atom is 0.274 e. The maximum atomic E-state index is 11.9. The van der Waals surface area contributed by atoms with Gasteiger partial charge in [0.15, 0.2) is 0 Å². The molecular weight excluding hydrogens is 224 g/mol. The third-order valence-electron chi connectivity index (χ3n) is 2.31. The molecule has 1 atom stereocenters. The molecule has 0 fully saturated rings. The van der Waals surface area contributed by atoms with Crippen LogP contribution in [0.25, 0.3) is 0 Å². The number of nitrogens with zero attached hydrogens (tertiary/aromatic N) is 3. The summed E-state index contributed by atoms with van der Waals surface area (Å²) in [6, 6.07) is -0.300. The van der Waals surface area contributed by atoms with Crippen molar-refractivity contribution in [2.75, 3.05) is 7.05 Å². The van der Waals surface area contributed by atoms with Gasteiger partial charge in [-0.1, -0.05) is 12.2 Å². The molecule has 0 saturated carbocycles. The summed E-state index contributed by atoms with van der Waals surface area (Å²) in [5.41, 5.74) is 6.53. The van der Waals surface area contributed by atoms with Crippen molar-refractivity contribution in [2.24, 2.45) is 5.73 Å². The minimum Gasteiger partial charge on any atom is -0.392 e. The van der Waals surface area contributed by atoms with E-state index < -0.39 is 0 Å². The summed E-state index contributed by atoms with van der Waals surface area (Å²) < 4.78 is 0. The molecule has 5 nitrogen and oxygen atoms in total. The molecule has 1 rings (SSSR count). The van der Waals surface area contributed by atoms with Gasteiger partial charge in [0.1, 0.15) is 5.69 Å². The van der Waals surface area contributed by atoms with E-state index in [1.165, 1.54) is 11.1 Å². The highest BCUT2D eigenvalue weighted by molar-refractivity contribution is 7.80. The van der Waals surface area contributed by atoms with Gasteiger partial charge in [-0.2, -0.15) is 0 Å². The van der Waals surface area contributed by atoms with Gasteiger partial charge >= 0.3 is 0 Å². The number of thiocarbonyl (C=S) groups is 1. The van der Waals surface area contributed by atoms with Gasteiger partial charge in [-0.25, -0.2) is 4.98 Å². The Kier molecular flexibility index (Phi) is 3.89. The number of carbonyl (C=O) groups is 1. The number of likely N-dealkylation sites (N-methyl/N-ethyl adjacent to an activating group) is 1. The molecule has 0 aliphatic rings. The first-order valence-electron chi connectivity index (χ1n) is 4.78. The molecule has 1 aromatic rings. The highest BCUT2D eigenvalue weighted by atomic mass is 32.1. The minimum atomic E-state index is -0.300. The van der Waals surface area contributed by atoms with Crippen LogP contribution in [-0.2, 0) is 0 Å². The zero-order valence-corrected chi connectivity index (χ0v) is 10.3. The molecular formula is C10H14N4OS. The second kappa shape index (κ2) is 4.98. The molecule has 1 amide bonds. The second-order valence-corrected chi connectivity index (χ2v) is 4.01. The van der Waals surface area contributed by atoms with E-state index in [2.05, 4.69) is 9.97 Å². The lowest BCUT2D eigenvalue weighted by molar-refractivity contribution is 0.0772. The van der Waals surface area contributed by atoms with Crippen LogP contribution in [0.4, 0.5) is 0 Å². The zero-order chi connectivity index (χ0) is 12.3. The largest absolute Gasteiger partial charge is 0.392 e. The van der Waals surface area contributed by atoms with Gasteiger partial charge in [0.2, 0.25) is 0 Å². The van der Waals surface area contributed by atoms with Crippen LogP contribution in [0.5, 0.6) is 0 Å². The van der Waals surface area contributed by atoms with E-state index in [9.17, 15) is 4.79 Å². The number of aryl methyl sites for hydroxylation is 1. The molecule has 1 unspecified atom stereocenters. The number of nitrogens with two attached hydrogens (primary N) is 1. The SMILES string of the molecule is Cc1cnc(C(=O)N(C)C(C)C(N)=S)cn1. The van der Waals surface area contributed by atoms with Gasteiger partial charge in [-0.3, -0.25) is 9.78 Å². The van der Waals surface area contributed by atoms with E-state index >= 15 is 0 Å². The Morgan fingerprint density at radius 2 is 2.12 bits per heavy atom. The van der Waals surface area contributed by atoms with E-state index in [4.69, 9.17) is 18.0 Å². The van der Waals surface area contributed by atoms with E-state index in [0.717, 1.165) is 5.69 Å². The van der Waals surface area contributed by atoms with Crippen molar-refractivity contribution < 1.29 is 4.79 Å². The smallest absolute Gasteiger partial charge is 0.274 e. The molecule has 0 aromatic carbocycles. The molecule has 0 radical (unpaired) electrons. The van der Waals surface area contributed by atoms with Crippen molar-refractivity contribution in [3.8, 4) is 0 Å². The minimum absolute atomic E-state index is 0.243. The lowest BCUT2D eigenvalue weighted by Crippen LogP contribution is -2.43. The summed E-state index contributed by atoms with van der Waals surface area (Å²) in [6.45, 7) is 3.57. The second-order valence-electron chi connectivity index (χ2n) is 3.54. The molecule has 86 valence electrons. The number of amides is 1. The third-order valence-corrected chi connectivity index (χ3v) is 2.65. The van der Waals surface area contributed by atoms with Gasteiger partial charge < -0.3 is 10.6 Å². The normalized spacial score (nSPS) is 11.9. The number of carbonyl (C=O) groups excluding carboxylic acids is 1. The zero-order valence-electron chi connectivity index (χ0n) is 9.47. The first-order valence-corrected chi connectivity index (χ1v) is 5.19. The quantitative estimate of drug-likeness (QED) is 0.778. The summed E-state index contributed by atoms with van der Waals surface area (Å²) in [6.07, 6.45) is 2.99. The van der Waals surface area contributed by atoms with E-state index in [1.807, 2.05) is 6.92 Å². The average Bonchev–Trinajstić information content (AvgIpc) is 2.27. The fraction of sp³-hybridized carbons (Fsp3) is 0.400. The van der Waals surface area contributed by atoms with Crippen molar-refractivity contribution in [3.05, 3.63) is 23.8 Å². The first-order chi connectivity index (χ1) is 7.43. The molecule has 2 N–H and O–H groups in total. The molecule has 1 aromatic heterocycles. The number of aromatic nitrogens is 2. The molecule has 0 spiro atoms. The number of hydrogen-bond acceptors (Lipinski definition) is 4. The third kappa shape index (κ3) is 2.73. The van der Waals surface area contributed by atoms with Crippen LogP contribution in [0.15, 0.2) is 12.4 Å². The van der Waals surface area contributed by atoms with Crippen LogP contribution >= 0.6 is 12.2 Å². The standard InChI is InChI=1S/C10H14N4OS/c1-6-4-13-8(5-12-6)10(15)14(3)7(2)9(11)16/h4-5,7H,1-3H3,(H2,11,16). The Labute approximate surface area is 99.7 Å². The Balaban J connectivity index is 2.86. The average molecular weight is 238 g/mol. The van der Waals surface area contributed by atoms with E-state index in [0.29, 0.717) is 0 Å². The van der Waals surface area contributed by atoms with Crippen LogP contribution in [0.3, 0.4) is 0 Å². The van der Waals surface area contributed by atoms with Gasteiger partial charge in [0.05, 0.1) is 22.9 Å². The molecule has 6 heteroatoms. The summed E-state index contributed by atoms with van der Waals surface area (Å²) in [5.74, 6) is -0.243. The molecule has 0 aliphatic heterocycles. The van der Waals surface area contributed by atoms with Gasteiger partial charge in [-0.15, -0.1) is 0 Å². The Morgan fingerprint density at radius 3 is 2.56 bits per heavy atom. The van der Waals surface area contributed by atoms with E-state index in [1.54, 1.807) is 20.2 Å². The highest BCUT2D eigenvalue weighted by Crippen LogP contribution is 2.03. The lowest BCUT2D eigenvalue weighted by Gasteiger charge is -2.23. The van der Waals surface area contributed by atoms with Crippen LogP contribution < -0.4 is 5.73 Å². The van der Waals surface area contributed by atoms with Crippen molar-refractivity contribution in [1.29, 1.82) is 0 Å². The summed E-state index contributed by atoms with van der Waals surface area (Å²) >= 11 is 4.83. The monoisotopic (exact) mass is 238 g/mol. The summed E-state index contributed by atoms with van der Waals surface area (Å²) in [7, 11) is 1.63. The molecule has 16 heavy (non-hydrogen) atoms. The van der Waals surface area contributed by atoms with Crippen LogP contribution in [0.2, 0.25) is 0 Å². The Hall–Kier alpha value is -1.56. The topological polar surface area (TPSA) is 72.1 Å². The van der Waals surface area contributed by atoms with Crippen LogP contribution in [0, 0.1) is 6.92 Å². The summed E-state index contributed by atoms with van der Waals surface area (Å²) in [5, 5.41) is 0. The predicted octanol–water partition coefficient (Wildman–Crippen LogP) is 0.532. The molecule has 0 bridgehead atoms. The molecule has 0 saturated heterocycles. The fourth-order valence-corrected chi connectivity index (χ4v) is 1.21. The number of hydrogen-bond donors (Lipinski definition) is 1. The van der Waals surface area contributed by atoms with Gasteiger partial charge in [-0.05, 0) is 13.8 Å². The van der Waals surface area contributed by atoms with Gasteiger partial charge in [0, 0.05) is 13.2 Å². The molecule has 0 aliphatic carbocycles. The van der Waals surface area contributed by atoms with Crippen LogP contribution in [-0.4, -0.2) is 38.9 Å². The van der Waals surface area contributed by atoms with Crippen molar-refractivity contribution in [3.63, 3.8) is 0 Å². The fourth-order valence-electron chi connectivity index (χ4n) is 1.05. The van der Waals surface area contributed by atoms with Crippen molar-refractivity contribution in [2.45, 2.75) is 19.9 Å². The highest BCUT2D eigenvalue weighted by Gasteiger charge is 2.20. The lowest BCUT2D eigenvalue weighted by atomic mass is 10.2. The molecule has 1 heterocycles. The van der Waals surface area contributed by atoms with Crippen LogP contribution in [0.1, 0.15) is 23.1 Å². The Bertz CT molecular complexity index is 404. The number of rotatable bonds is 3. The first kappa shape index (κ1) is 12.5. The van der Waals surface area contributed by atoms with Crippen molar-refractivity contribution in [1.82, 2.24) is 14.9 Å². The van der Waals surface area contributed by atoms with E-state index in [-0.39, 0.29) is 22.6 Å². The van der Waals surface area contributed by atoms with Crippen molar-refractivity contribution >= 4 is 23.1 Å².